The Morgan fingerprint density at radius 2 is 2.15 bits per heavy atom. The molecule has 1 atom stereocenters. The number of anilines is 1. The highest BCUT2D eigenvalue weighted by Gasteiger charge is 2.08. The van der Waals surface area contributed by atoms with Crippen molar-refractivity contribution >= 4 is 17.3 Å². The fourth-order valence-corrected chi connectivity index (χ4v) is 1.22. The smallest absolute Gasteiger partial charge is 0.101 e. The van der Waals surface area contributed by atoms with Crippen LogP contribution in [-0.2, 0) is 0 Å². The number of rotatable bonds is 1. The topological polar surface area (TPSA) is 75.8 Å². The van der Waals surface area contributed by atoms with Gasteiger partial charge in [0.1, 0.15) is 6.07 Å². The van der Waals surface area contributed by atoms with Crippen LogP contribution in [-0.4, -0.2) is 0 Å². The van der Waals surface area contributed by atoms with Gasteiger partial charge in [-0.3, -0.25) is 0 Å². The molecule has 68 valence electrons. The van der Waals surface area contributed by atoms with Gasteiger partial charge in [-0.1, -0.05) is 11.6 Å². The van der Waals surface area contributed by atoms with E-state index >= 15 is 0 Å². The lowest BCUT2D eigenvalue weighted by molar-refractivity contribution is 0.818. The second-order valence-electron chi connectivity index (χ2n) is 2.86. The number of hydrogen-bond acceptors (Lipinski definition) is 3. The number of benzene rings is 1. The maximum absolute atomic E-state index is 8.72. The van der Waals surface area contributed by atoms with Gasteiger partial charge in [-0.25, -0.2) is 0 Å². The van der Waals surface area contributed by atoms with Crippen LogP contribution in [0.4, 0.5) is 5.69 Å². The summed E-state index contributed by atoms with van der Waals surface area (Å²) in [6.45, 7) is 1.82. The van der Waals surface area contributed by atoms with Gasteiger partial charge in [0.05, 0.1) is 16.3 Å². The standard InChI is InChI=1S/C9H10ClN3/c1-5(12)6-2-7(4-11)9(13)8(10)3-6/h2-3,5H,12-13H2,1H3/t5-/m0/s1. The average Bonchev–Trinajstić information content (AvgIpc) is 2.09. The van der Waals surface area contributed by atoms with Gasteiger partial charge >= 0.3 is 0 Å². The third-order valence-corrected chi connectivity index (χ3v) is 2.11. The number of nitrogens with two attached hydrogens (primary N) is 2. The molecule has 4 heteroatoms. The summed E-state index contributed by atoms with van der Waals surface area (Å²) >= 11 is 5.81. The van der Waals surface area contributed by atoms with Crippen molar-refractivity contribution < 1.29 is 0 Å². The lowest BCUT2D eigenvalue weighted by Gasteiger charge is -2.08. The molecule has 0 aliphatic carbocycles. The largest absolute Gasteiger partial charge is 0.396 e. The predicted octanol–water partition coefficient (Wildman–Crippen LogP) is 1.81. The van der Waals surface area contributed by atoms with Gasteiger partial charge in [0.15, 0.2) is 0 Å². The minimum Gasteiger partial charge on any atom is -0.396 e. The van der Waals surface area contributed by atoms with Crippen molar-refractivity contribution in [3.63, 3.8) is 0 Å². The first kappa shape index (κ1) is 9.85. The second kappa shape index (κ2) is 3.65. The monoisotopic (exact) mass is 195 g/mol. The Balaban J connectivity index is 3.32. The van der Waals surface area contributed by atoms with Crippen molar-refractivity contribution in [2.45, 2.75) is 13.0 Å². The third-order valence-electron chi connectivity index (χ3n) is 1.80. The summed E-state index contributed by atoms with van der Waals surface area (Å²) in [7, 11) is 0. The van der Waals surface area contributed by atoms with E-state index < -0.39 is 0 Å². The molecular formula is C9H10ClN3. The molecule has 0 amide bonds. The van der Waals surface area contributed by atoms with Crippen molar-refractivity contribution in [1.29, 1.82) is 5.26 Å². The highest BCUT2D eigenvalue weighted by atomic mass is 35.5. The van der Waals surface area contributed by atoms with E-state index in [1.54, 1.807) is 12.1 Å². The summed E-state index contributed by atoms with van der Waals surface area (Å²) in [6, 6.07) is 5.16. The van der Waals surface area contributed by atoms with Gasteiger partial charge in [-0.05, 0) is 24.6 Å². The normalized spacial score (nSPS) is 12.2. The predicted molar refractivity (Wildman–Crippen MR) is 53.2 cm³/mol. The molecule has 1 aromatic carbocycles. The van der Waals surface area contributed by atoms with E-state index in [2.05, 4.69) is 0 Å². The first-order chi connectivity index (χ1) is 6.06. The Bertz CT molecular complexity index is 366. The number of hydrogen-bond donors (Lipinski definition) is 2. The molecule has 0 unspecified atom stereocenters. The van der Waals surface area contributed by atoms with Gasteiger partial charge < -0.3 is 11.5 Å². The fraction of sp³-hybridized carbons (Fsp3) is 0.222. The molecule has 13 heavy (non-hydrogen) atoms. The number of nitriles is 1. The van der Waals surface area contributed by atoms with Crippen LogP contribution >= 0.6 is 11.6 Å². The summed E-state index contributed by atoms with van der Waals surface area (Å²) in [5.74, 6) is 0. The summed E-state index contributed by atoms with van der Waals surface area (Å²) < 4.78 is 0. The van der Waals surface area contributed by atoms with Crippen LogP contribution in [0, 0.1) is 11.3 Å². The lowest BCUT2D eigenvalue weighted by atomic mass is 10.0. The van der Waals surface area contributed by atoms with Crippen LogP contribution < -0.4 is 11.5 Å². The zero-order chi connectivity index (χ0) is 10.0. The molecule has 0 saturated heterocycles. The van der Waals surface area contributed by atoms with E-state index in [1.165, 1.54) is 0 Å². The van der Waals surface area contributed by atoms with Crippen molar-refractivity contribution in [3.05, 3.63) is 28.3 Å². The second-order valence-corrected chi connectivity index (χ2v) is 3.27. The molecule has 1 rings (SSSR count). The van der Waals surface area contributed by atoms with Crippen molar-refractivity contribution in [2.24, 2.45) is 5.73 Å². The number of nitrogen functional groups attached to an aromatic ring is 1. The molecule has 0 fully saturated rings. The molecule has 0 bridgehead atoms. The Kier molecular flexibility index (Phi) is 2.76. The Morgan fingerprint density at radius 1 is 1.54 bits per heavy atom. The molecule has 0 aromatic heterocycles. The maximum atomic E-state index is 8.72. The van der Waals surface area contributed by atoms with Crippen LogP contribution in [0.3, 0.4) is 0 Å². The summed E-state index contributed by atoms with van der Waals surface area (Å²) in [6.07, 6.45) is 0. The summed E-state index contributed by atoms with van der Waals surface area (Å²) in [5, 5.41) is 9.10. The fourth-order valence-electron chi connectivity index (χ4n) is 0.994. The van der Waals surface area contributed by atoms with Gasteiger partial charge in [0.25, 0.3) is 0 Å². The lowest BCUT2D eigenvalue weighted by Crippen LogP contribution is -2.06. The quantitative estimate of drug-likeness (QED) is 0.671. The van der Waals surface area contributed by atoms with E-state index in [-0.39, 0.29) is 6.04 Å². The Labute approximate surface area is 81.9 Å². The minimum absolute atomic E-state index is 0.148. The summed E-state index contributed by atoms with van der Waals surface area (Å²) in [5.41, 5.74) is 12.7. The number of halogens is 1. The molecule has 0 radical (unpaired) electrons. The highest BCUT2D eigenvalue weighted by molar-refractivity contribution is 6.33. The van der Waals surface area contributed by atoms with Gasteiger partial charge in [-0.15, -0.1) is 0 Å². The molecule has 0 heterocycles. The highest BCUT2D eigenvalue weighted by Crippen LogP contribution is 2.26. The van der Waals surface area contributed by atoms with Gasteiger partial charge in [0, 0.05) is 6.04 Å². The minimum atomic E-state index is -0.148. The first-order valence-electron chi connectivity index (χ1n) is 3.81. The van der Waals surface area contributed by atoms with Crippen LogP contribution in [0.15, 0.2) is 12.1 Å². The molecule has 0 aliphatic rings. The molecule has 0 spiro atoms. The molecular weight excluding hydrogens is 186 g/mol. The van der Waals surface area contributed by atoms with Crippen molar-refractivity contribution in [1.82, 2.24) is 0 Å². The SMILES string of the molecule is C[C@H](N)c1cc(Cl)c(N)c(C#N)c1. The third kappa shape index (κ3) is 1.92. The van der Waals surface area contributed by atoms with Crippen molar-refractivity contribution in [3.8, 4) is 6.07 Å². The van der Waals surface area contributed by atoms with E-state index in [0.29, 0.717) is 16.3 Å². The molecule has 1 aromatic rings. The van der Waals surface area contributed by atoms with Gasteiger partial charge in [-0.2, -0.15) is 5.26 Å². The number of nitrogens with zero attached hydrogens (tertiary/aromatic N) is 1. The summed E-state index contributed by atoms with van der Waals surface area (Å²) in [4.78, 5) is 0. The van der Waals surface area contributed by atoms with E-state index in [1.807, 2.05) is 13.0 Å². The average molecular weight is 196 g/mol. The van der Waals surface area contributed by atoms with Crippen LogP contribution in [0.2, 0.25) is 5.02 Å². The zero-order valence-electron chi connectivity index (χ0n) is 7.21. The Hall–Kier alpha value is -1.24. The van der Waals surface area contributed by atoms with Crippen LogP contribution in [0.1, 0.15) is 24.1 Å². The van der Waals surface area contributed by atoms with Crippen LogP contribution in [0.5, 0.6) is 0 Å². The van der Waals surface area contributed by atoms with E-state index in [0.717, 1.165) is 5.56 Å². The molecule has 0 aliphatic heterocycles. The van der Waals surface area contributed by atoms with Gasteiger partial charge in [0.2, 0.25) is 0 Å². The van der Waals surface area contributed by atoms with E-state index in [9.17, 15) is 0 Å². The maximum Gasteiger partial charge on any atom is 0.101 e. The zero-order valence-corrected chi connectivity index (χ0v) is 7.97. The molecule has 4 N–H and O–H groups in total. The Morgan fingerprint density at radius 3 is 2.62 bits per heavy atom. The van der Waals surface area contributed by atoms with Crippen molar-refractivity contribution in [2.75, 3.05) is 5.73 Å². The van der Waals surface area contributed by atoms with Crippen LogP contribution in [0.25, 0.3) is 0 Å². The van der Waals surface area contributed by atoms with E-state index in [4.69, 9.17) is 28.3 Å². The molecule has 3 nitrogen and oxygen atoms in total. The molecule has 0 saturated carbocycles. The first-order valence-corrected chi connectivity index (χ1v) is 4.18.